The number of fused-ring (bicyclic) bond motifs is 3. The number of morpholine rings is 1. The van der Waals surface area contributed by atoms with Crippen LogP contribution in [0.4, 0.5) is 78.1 Å². The van der Waals surface area contributed by atoms with Crippen molar-refractivity contribution in [2.24, 2.45) is 0 Å². The highest BCUT2D eigenvalue weighted by atomic mass is 19.1. The Balaban J connectivity index is 0.000000137. The summed E-state index contributed by atoms with van der Waals surface area (Å²) in [4.78, 5) is 96.6. The van der Waals surface area contributed by atoms with E-state index in [0.717, 1.165) is 170 Å². The fourth-order valence-corrected chi connectivity index (χ4v) is 16.0. The van der Waals surface area contributed by atoms with Gasteiger partial charge in [0.2, 0.25) is 17.6 Å². The highest BCUT2D eigenvalue weighted by molar-refractivity contribution is 6.04. The van der Waals surface area contributed by atoms with Crippen LogP contribution < -0.4 is 50.2 Å². The number of piperazine rings is 3. The van der Waals surface area contributed by atoms with E-state index in [4.69, 9.17) is 18.9 Å². The maximum Gasteiger partial charge on any atom is 0.263 e. The molecule has 6 aliphatic rings. The summed E-state index contributed by atoms with van der Waals surface area (Å²) in [5.41, 5.74) is 6.77. The molecule has 3 amide bonds. The van der Waals surface area contributed by atoms with E-state index in [1.807, 2.05) is 54.6 Å². The monoisotopic (exact) mass is 1690 g/mol. The van der Waals surface area contributed by atoms with Gasteiger partial charge in [0.05, 0.1) is 41.6 Å². The third kappa shape index (κ3) is 18.9. The number of hydrogen-bond donors (Lipinski definition) is 7. The zero-order valence-electron chi connectivity index (χ0n) is 69.0. The average Bonchev–Trinajstić information content (AvgIpc) is 1.77. The number of carbonyl (C=O) groups is 3. The molecule has 0 unspecified atom stereocenters. The predicted molar refractivity (Wildman–Crippen MR) is 457 cm³/mol. The molecule has 0 radical (unpaired) electrons. The molecule has 0 atom stereocenters. The minimum absolute atomic E-state index is 0.0254. The molecule has 7 N–H and O–H groups in total. The molecule has 6 fully saturated rings. The zero-order valence-corrected chi connectivity index (χ0v) is 69.0. The molecule has 12 aromatic rings. The van der Waals surface area contributed by atoms with E-state index in [1.54, 1.807) is 47.7 Å². The normalized spacial score (nSPS) is 16.1. The summed E-state index contributed by atoms with van der Waals surface area (Å²) in [7, 11) is 2.12. The number of nitrogens with zero attached hydrogens (tertiary/aromatic N) is 15. The number of carbonyl (C=O) groups excluding carboxylic acids is 3. The first-order valence-corrected chi connectivity index (χ1v) is 41.6. The summed E-state index contributed by atoms with van der Waals surface area (Å²) in [6, 6.07) is 27.0. The number of rotatable bonds is 19. The second-order valence-corrected chi connectivity index (χ2v) is 31.2. The lowest BCUT2D eigenvalue weighted by molar-refractivity contribution is 0.0301. The fourth-order valence-electron chi connectivity index (χ4n) is 16.0. The quantitative estimate of drug-likeness (QED) is 0.0370. The van der Waals surface area contributed by atoms with Crippen molar-refractivity contribution in [1.29, 1.82) is 0 Å². The van der Waals surface area contributed by atoms with Crippen LogP contribution in [0.15, 0.2) is 122 Å². The van der Waals surface area contributed by atoms with Gasteiger partial charge in [-0.3, -0.25) is 14.4 Å². The van der Waals surface area contributed by atoms with Crippen molar-refractivity contribution >= 4 is 102 Å². The van der Waals surface area contributed by atoms with Crippen LogP contribution in [0.1, 0.15) is 93.6 Å². The Hall–Kier alpha value is -12.9. The number of pyridine rings is 1. The van der Waals surface area contributed by atoms with E-state index in [0.29, 0.717) is 75.4 Å². The van der Waals surface area contributed by atoms with Gasteiger partial charge in [-0.25, -0.2) is 61.2 Å². The first kappa shape index (κ1) is 83.8. The average molecular weight is 1690 g/mol. The number of likely N-dealkylation sites (N-methyl/N-ethyl adjacent to an activating group) is 2. The number of H-pyrrole nitrogens is 3. The number of anilines is 9. The van der Waals surface area contributed by atoms with Gasteiger partial charge in [-0.05, 0) is 152 Å². The number of benzene rings is 5. The number of amides is 3. The molecule has 18 rings (SSSR count). The molecule has 0 aliphatic carbocycles. The zero-order chi connectivity index (χ0) is 85.4. The lowest BCUT2D eigenvalue weighted by Crippen LogP contribution is -2.46. The van der Waals surface area contributed by atoms with Crippen molar-refractivity contribution in [2.75, 3.05) is 175 Å². The second-order valence-electron chi connectivity index (χ2n) is 31.2. The van der Waals surface area contributed by atoms with Gasteiger partial charge in [0.25, 0.3) is 17.7 Å². The number of halogens is 6. The number of aryl methyl sites for hydroxylation is 3. The van der Waals surface area contributed by atoms with Crippen molar-refractivity contribution in [3.05, 3.63) is 191 Å². The predicted octanol–water partition coefficient (Wildman–Crippen LogP) is 14.7. The SMILES string of the molecule is CCN1CCN(c2ccc(Nc3ncnc(Oc4cc(F)c5[nH]c(C)cc5c4F)c3C(=O)N3CCCCC3)cc2)CC1.Cc1cc2c(F)c(Oc3ncnc(Nc4ccc(N5CCN(C)CC5)cc4)c3C(=O)N3CCCCC3)cc(F)c2[nH]1.Cc1cc2c(F)c(Oc3ncnc(Nc4ccc(N5CCNCC5)cn4)c3C(=O)N3CCOCC3)cc(F)c2[nH]1. The van der Waals surface area contributed by atoms with E-state index in [-0.39, 0.29) is 108 Å². The van der Waals surface area contributed by atoms with E-state index in [1.165, 1.54) is 37.2 Å². The van der Waals surface area contributed by atoms with Crippen molar-refractivity contribution in [3.63, 3.8) is 0 Å². The van der Waals surface area contributed by atoms with E-state index < -0.39 is 46.6 Å². The lowest BCUT2D eigenvalue weighted by Gasteiger charge is -2.35. The lowest BCUT2D eigenvalue weighted by atomic mass is 10.1. The Morgan fingerprint density at radius 2 is 0.780 bits per heavy atom. The van der Waals surface area contributed by atoms with Crippen LogP contribution in [0, 0.1) is 55.7 Å². The first-order chi connectivity index (χ1) is 59.7. The third-order valence-electron chi connectivity index (χ3n) is 22.8. The maximum absolute atomic E-state index is 15.4. The number of ether oxygens (including phenoxy) is 4. The van der Waals surface area contributed by atoms with Gasteiger partial charge in [0.1, 0.15) is 41.5 Å². The Labute approximate surface area is 705 Å². The summed E-state index contributed by atoms with van der Waals surface area (Å²) in [5, 5.41) is 13.1. The summed E-state index contributed by atoms with van der Waals surface area (Å²) in [5.74, 6) is -5.92. The minimum atomic E-state index is -0.774. The van der Waals surface area contributed by atoms with Gasteiger partial charge < -0.3 is 94.4 Å². The molecule has 0 spiro atoms. The van der Waals surface area contributed by atoms with E-state index >= 15 is 13.2 Å². The summed E-state index contributed by atoms with van der Waals surface area (Å²) in [6.07, 6.45) is 11.1. The highest BCUT2D eigenvalue weighted by Gasteiger charge is 2.34. The maximum atomic E-state index is 15.4. The molecule has 0 saturated carbocycles. The largest absolute Gasteiger partial charge is 0.435 e. The topological polar surface area (TPSA) is 300 Å². The van der Waals surface area contributed by atoms with Crippen LogP contribution in [0.2, 0.25) is 0 Å². The third-order valence-corrected chi connectivity index (χ3v) is 22.8. The Morgan fingerprint density at radius 3 is 1.16 bits per heavy atom. The molecule has 0 bridgehead atoms. The second kappa shape index (κ2) is 37.6. The molecule has 7 aromatic heterocycles. The number of aromatic nitrogens is 10. The first-order valence-electron chi connectivity index (χ1n) is 41.6. The molecule has 6 saturated heterocycles. The molecule has 35 heteroatoms. The molecule has 29 nitrogen and oxygen atoms in total. The molecular formula is C88H96F6N22O7. The van der Waals surface area contributed by atoms with Crippen LogP contribution in [0.3, 0.4) is 0 Å². The van der Waals surface area contributed by atoms with Gasteiger partial charge in [-0.2, -0.15) is 0 Å². The van der Waals surface area contributed by atoms with Crippen molar-refractivity contribution in [1.82, 2.24) is 79.7 Å². The standard InChI is InChI=1S/C31H35F2N7O2.C30H33F2N7O2.C27H28F2N8O3/c1-3-38-13-15-39(16-14-38)22-9-7-21(8-10-22)37-29-26(31(41)40-11-5-4-6-12-40)30(35-19-34-29)42-25-18-24(32)28-23(27(25)33)17-20(2)36-28;1-19-16-22-26(32)24(17-23(31)27(22)35-19)41-29-25(30(40)39-10-4-3-5-11-39)28(33-18-34-29)36-20-6-8-21(9-7-20)38-14-12-37(2)13-15-38;1-16-12-18-23(29)20(13-19(28)24(18)34-16)40-26-22(27(38)37-8-10-39-11-9-37)25(32-15-33-26)35-21-3-2-17(14-31-21)36-6-4-30-5-7-36/h7-10,17-19,36H,3-6,11-16H2,1-2H3,(H,34,35,37);6-9,16-18,35H,3-5,10-15H2,1-2H3,(H,33,34,36);2-3,12-15,30,34H,4-11H2,1H3,(H,31,32,33,35). The van der Waals surface area contributed by atoms with Crippen LogP contribution in [0.5, 0.6) is 34.9 Å². The molecule has 6 aliphatic heterocycles. The van der Waals surface area contributed by atoms with Gasteiger partial charge in [0.15, 0.2) is 69.6 Å². The molecule has 123 heavy (non-hydrogen) atoms. The molecule has 642 valence electrons. The van der Waals surface area contributed by atoms with E-state index in [2.05, 4.69) is 110 Å². The number of piperidine rings is 2. The summed E-state index contributed by atoms with van der Waals surface area (Å²) in [6.45, 7) is 23.6. The smallest absolute Gasteiger partial charge is 0.263 e. The van der Waals surface area contributed by atoms with Gasteiger partial charge >= 0.3 is 0 Å². The molecule has 5 aromatic carbocycles. The van der Waals surface area contributed by atoms with Gasteiger partial charge in [-0.15, -0.1) is 0 Å². The van der Waals surface area contributed by atoms with Crippen LogP contribution in [-0.2, 0) is 4.74 Å². The van der Waals surface area contributed by atoms with Crippen molar-refractivity contribution in [2.45, 2.75) is 66.2 Å². The van der Waals surface area contributed by atoms with Crippen molar-refractivity contribution in [3.8, 4) is 34.9 Å². The Bertz CT molecular complexity index is 5780. The van der Waals surface area contributed by atoms with Crippen molar-refractivity contribution < 1.29 is 59.7 Å². The van der Waals surface area contributed by atoms with Gasteiger partial charge in [-0.1, -0.05) is 6.92 Å². The van der Waals surface area contributed by atoms with Gasteiger partial charge in [0, 0.05) is 192 Å². The van der Waals surface area contributed by atoms with E-state index in [9.17, 15) is 27.6 Å². The van der Waals surface area contributed by atoms with Crippen LogP contribution in [-0.4, -0.2) is 237 Å². The molecular weight excluding hydrogens is 1590 g/mol. The number of aromatic amines is 3. The number of likely N-dealkylation sites (tertiary alicyclic amines) is 2. The Kier molecular flexibility index (Phi) is 25.6. The van der Waals surface area contributed by atoms with Crippen LogP contribution >= 0.6 is 0 Å². The van der Waals surface area contributed by atoms with Crippen LogP contribution in [0.25, 0.3) is 32.7 Å². The summed E-state index contributed by atoms with van der Waals surface area (Å²) < 4.78 is 114. The Morgan fingerprint density at radius 1 is 0.415 bits per heavy atom. The number of hydrogen-bond acceptors (Lipinski definition) is 23. The minimum Gasteiger partial charge on any atom is -0.435 e. The molecule has 13 heterocycles. The number of nitrogens with one attached hydrogen (secondary N) is 7. The highest BCUT2D eigenvalue weighted by Crippen LogP contribution is 2.41. The fraction of sp³-hybridized carbons (Fsp3) is 0.364. The summed E-state index contributed by atoms with van der Waals surface area (Å²) >= 11 is 0.